The normalized spacial score (nSPS) is 16.6. The van der Waals surface area contributed by atoms with Gasteiger partial charge in [0.05, 0.1) is 15.0 Å². The number of Topliss-reactive ketones (excluding diaryl/α,β-unsaturated/α-hetero) is 1. The number of rotatable bonds is 6. The lowest BCUT2D eigenvalue weighted by Crippen LogP contribution is -2.17. The summed E-state index contributed by atoms with van der Waals surface area (Å²) in [5, 5.41) is 0. The molecule has 1 aromatic rings. The molecule has 0 N–H and O–H groups in total. The molecule has 1 aliphatic carbocycles. The summed E-state index contributed by atoms with van der Waals surface area (Å²) in [6.07, 6.45) is 5.85. The zero-order valence-corrected chi connectivity index (χ0v) is 18.4. The van der Waals surface area contributed by atoms with Crippen molar-refractivity contribution in [3.63, 3.8) is 0 Å². The molecule has 2 atom stereocenters. The van der Waals surface area contributed by atoms with Crippen LogP contribution in [0.3, 0.4) is 0 Å². The predicted octanol–water partition coefficient (Wildman–Crippen LogP) is 5.43. The number of carbonyl (C=O) groups excluding carboxylic acids is 2. The van der Waals surface area contributed by atoms with E-state index in [1.165, 1.54) is 12.7 Å². The van der Waals surface area contributed by atoms with E-state index in [4.69, 9.17) is 12.6 Å². The molecule has 0 bridgehead atoms. The van der Waals surface area contributed by atoms with Crippen molar-refractivity contribution in [3.05, 3.63) is 34.4 Å². The Kier molecular flexibility index (Phi) is 12.8. The van der Waals surface area contributed by atoms with Crippen LogP contribution in [0, 0.1) is 19.8 Å². The molecule has 0 saturated heterocycles. The van der Waals surface area contributed by atoms with Gasteiger partial charge >= 0.3 is 5.97 Å². The Balaban J connectivity index is 0.00000158. The van der Waals surface area contributed by atoms with E-state index in [1.54, 1.807) is 0 Å². The second-order valence-electron chi connectivity index (χ2n) is 6.59. The van der Waals surface area contributed by atoms with Gasteiger partial charge < -0.3 is 4.74 Å². The van der Waals surface area contributed by atoms with E-state index in [0.29, 0.717) is 5.78 Å². The second-order valence-corrected chi connectivity index (χ2v) is 6.59. The van der Waals surface area contributed by atoms with Gasteiger partial charge in [-0.15, -0.1) is 0 Å². The van der Waals surface area contributed by atoms with Crippen molar-refractivity contribution >= 4 is 19.6 Å². The molecule has 2 rings (SSSR count). The van der Waals surface area contributed by atoms with Crippen molar-refractivity contribution in [2.24, 2.45) is 5.92 Å². The number of methoxy groups -OCH3 is 1. The molecule has 0 amide bonds. The van der Waals surface area contributed by atoms with Gasteiger partial charge in [0.2, 0.25) is 0 Å². The van der Waals surface area contributed by atoms with Gasteiger partial charge in [0.25, 0.3) is 0 Å². The molecule has 1 aromatic carbocycles. The fourth-order valence-electron chi connectivity index (χ4n) is 3.69. The first-order valence-corrected chi connectivity index (χ1v) is 10.4. The summed E-state index contributed by atoms with van der Waals surface area (Å²) in [6.45, 7) is 12.0. The quantitative estimate of drug-likeness (QED) is 0.494. The highest BCUT2D eigenvalue weighted by atomic mass is 16.5. The molecule has 0 aliphatic heterocycles. The van der Waals surface area contributed by atoms with E-state index < -0.39 is 11.8 Å². The summed E-state index contributed by atoms with van der Waals surface area (Å²) in [4.78, 5) is 23.4. The lowest BCUT2D eigenvalue weighted by molar-refractivity contribution is -0.140. The molecule has 4 heteroatoms. The number of hydrogen-bond donors (Lipinski definition) is 0. The minimum atomic E-state index is -0.731. The lowest BCUT2D eigenvalue weighted by Gasteiger charge is -2.18. The van der Waals surface area contributed by atoms with E-state index in [2.05, 4.69) is 12.1 Å². The molecule has 2 radical (unpaired) electrons. The molecule has 3 nitrogen and oxygen atoms in total. The van der Waals surface area contributed by atoms with E-state index >= 15 is 0 Å². The fourth-order valence-corrected chi connectivity index (χ4v) is 3.69. The monoisotopic (exact) mass is 372 g/mol. The smallest absolute Gasteiger partial charge is 0.304 e. The van der Waals surface area contributed by atoms with Crippen LogP contribution in [-0.4, -0.2) is 26.7 Å². The Bertz CT molecular complexity index is 572. The van der Waals surface area contributed by atoms with Crippen LogP contribution in [0.2, 0.25) is 0 Å². The average molecular weight is 372 g/mol. The molecule has 2 unspecified atom stereocenters. The van der Waals surface area contributed by atoms with Crippen molar-refractivity contribution in [1.29, 1.82) is 0 Å². The Morgan fingerprint density at radius 2 is 1.74 bits per heavy atom. The van der Waals surface area contributed by atoms with Crippen molar-refractivity contribution in [2.45, 2.75) is 85.9 Å². The highest BCUT2D eigenvalue weighted by molar-refractivity contribution is 6.23. The standard InChI is InChI=1S/C19H25BO3.2C2H6/c1-12-10-14(6-4-7-15-8-5-9-16(15)21)11-13(2)17(12)18(20)19(22)23-3;2*1-2/h10-11,15,18H,4-9H2,1-3H3;2*1-2H3. The fraction of sp³-hybridized carbons (Fsp3) is 0.652. The van der Waals surface area contributed by atoms with Gasteiger partial charge in [0.15, 0.2) is 0 Å². The first kappa shape index (κ1) is 25.4. The van der Waals surface area contributed by atoms with Crippen LogP contribution < -0.4 is 0 Å². The lowest BCUT2D eigenvalue weighted by atomic mass is 9.76. The van der Waals surface area contributed by atoms with Crippen molar-refractivity contribution in [2.75, 3.05) is 7.11 Å². The summed E-state index contributed by atoms with van der Waals surface area (Å²) in [7, 11) is 7.34. The number of ether oxygens (including phenoxy) is 1. The summed E-state index contributed by atoms with van der Waals surface area (Å²) >= 11 is 0. The number of carbonyl (C=O) groups is 2. The van der Waals surface area contributed by atoms with Gasteiger partial charge in [0.1, 0.15) is 5.78 Å². The zero-order chi connectivity index (χ0) is 21.0. The summed E-state index contributed by atoms with van der Waals surface area (Å²) in [5.74, 6) is -0.421. The van der Waals surface area contributed by atoms with E-state index in [-0.39, 0.29) is 5.92 Å². The van der Waals surface area contributed by atoms with Gasteiger partial charge in [0, 0.05) is 18.2 Å². The number of hydrogen-bond acceptors (Lipinski definition) is 3. The van der Waals surface area contributed by atoms with Crippen LogP contribution in [0.5, 0.6) is 0 Å². The largest absolute Gasteiger partial charge is 0.469 e. The third kappa shape index (κ3) is 7.52. The Hall–Kier alpha value is -1.58. The molecule has 1 fully saturated rings. The van der Waals surface area contributed by atoms with Crippen molar-refractivity contribution < 1.29 is 14.3 Å². The topological polar surface area (TPSA) is 43.4 Å². The summed E-state index contributed by atoms with van der Waals surface area (Å²) in [5.41, 5.74) is 4.14. The van der Waals surface area contributed by atoms with Crippen LogP contribution in [-0.2, 0) is 20.7 Å². The Labute approximate surface area is 167 Å². The number of benzene rings is 1. The van der Waals surface area contributed by atoms with E-state index in [1.807, 2.05) is 41.5 Å². The molecule has 0 aromatic heterocycles. The van der Waals surface area contributed by atoms with Crippen LogP contribution in [0.25, 0.3) is 0 Å². The zero-order valence-electron chi connectivity index (χ0n) is 18.4. The molecule has 0 heterocycles. The highest BCUT2D eigenvalue weighted by Gasteiger charge is 2.24. The van der Waals surface area contributed by atoms with Crippen LogP contribution in [0.4, 0.5) is 0 Å². The molecule has 1 aliphatic rings. The Morgan fingerprint density at radius 3 is 2.19 bits per heavy atom. The number of ketones is 1. The minimum Gasteiger partial charge on any atom is -0.469 e. The molecular formula is C23H37BO3. The SMILES string of the molecule is CC.CC.[B]C(C(=O)OC)c1c(C)cc(CCCC2CCCC2=O)cc1C. The number of aryl methyl sites for hydroxylation is 3. The maximum atomic E-state index is 11.7. The van der Waals surface area contributed by atoms with Crippen molar-refractivity contribution in [3.8, 4) is 0 Å². The summed E-state index contributed by atoms with van der Waals surface area (Å²) < 4.78 is 4.74. The molecule has 1 saturated carbocycles. The highest BCUT2D eigenvalue weighted by Crippen LogP contribution is 2.28. The molecule has 27 heavy (non-hydrogen) atoms. The average Bonchev–Trinajstić information content (AvgIpc) is 3.08. The van der Waals surface area contributed by atoms with Crippen LogP contribution >= 0.6 is 0 Å². The van der Waals surface area contributed by atoms with Gasteiger partial charge in [-0.1, -0.05) is 39.8 Å². The predicted molar refractivity (Wildman–Crippen MR) is 114 cm³/mol. The van der Waals surface area contributed by atoms with E-state index in [0.717, 1.165) is 55.2 Å². The molecule has 0 spiro atoms. The van der Waals surface area contributed by atoms with Crippen LogP contribution in [0.15, 0.2) is 12.1 Å². The van der Waals surface area contributed by atoms with E-state index in [9.17, 15) is 9.59 Å². The Morgan fingerprint density at radius 1 is 1.19 bits per heavy atom. The maximum absolute atomic E-state index is 11.7. The second kappa shape index (κ2) is 13.6. The third-order valence-corrected chi connectivity index (χ3v) is 4.87. The third-order valence-electron chi connectivity index (χ3n) is 4.87. The first-order valence-electron chi connectivity index (χ1n) is 10.4. The van der Waals surface area contributed by atoms with Gasteiger partial charge in [-0.2, -0.15) is 0 Å². The number of esters is 1. The van der Waals surface area contributed by atoms with Gasteiger partial charge in [-0.25, -0.2) is 0 Å². The summed E-state index contributed by atoms with van der Waals surface area (Å²) in [6, 6.07) is 4.20. The van der Waals surface area contributed by atoms with Crippen molar-refractivity contribution in [1.82, 2.24) is 0 Å². The molecule has 150 valence electrons. The van der Waals surface area contributed by atoms with Crippen LogP contribution in [0.1, 0.15) is 87.9 Å². The van der Waals surface area contributed by atoms with Gasteiger partial charge in [-0.05, 0) is 68.2 Å². The first-order chi connectivity index (χ1) is 12.9. The maximum Gasteiger partial charge on any atom is 0.304 e. The van der Waals surface area contributed by atoms with Gasteiger partial charge in [-0.3, -0.25) is 9.59 Å². The molecular weight excluding hydrogens is 335 g/mol. The minimum absolute atomic E-state index is 0.282.